The Morgan fingerprint density at radius 3 is 2.79 bits per heavy atom. The lowest BCUT2D eigenvalue weighted by Gasteiger charge is -2.06. The lowest BCUT2D eigenvalue weighted by Crippen LogP contribution is -1.97. The number of hydrogen-bond acceptors (Lipinski definition) is 4. The van der Waals surface area contributed by atoms with Crippen molar-refractivity contribution in [1.82, 2.24) is 0 Å². The molecule has 0 bridgehead atoms. The summed E-state index contributed by atoms with van der Waals surface area (Å²) in [7, 11) is 0. The first-order chi connectivity index (χ1) is 6.90. The molecule has 0 amide bonds. The summed E-state index contributed by atoms with van der Waals surface area (Å²) in [6, 6.07) is 5.42. The van der Waals surface area contributed by atoms with Crippen molar-refractivity contribution in [1.29, 1.82) is 0 Å². The maximum atomic E-state index is 8.38. The lowest BCUT2D eigenvalue weighted by atomic mass is 10.2. The van der Waals surface area contributed by atoms with Gasteiger partial charge >= 0.3 is 0 Å². The average Bonchev–Trinajstić information content (AvgIpc) is 2.42. The molecular weight excluding hydrogens is 182 g/mol. The van der Waals surface area contributed by atoms with Gasteiger partial charge < -0.3 is 14.7 Å². The molecule has 0 radical (unpaired) electrons. The molecule has 1 N–H and O–H groups in total. The molecule has 0 saturated heterocycles. The van der Waals surface area contributed by atoms with Crippen LogP contribution in [0.3, 0.4) is 0 Å². The van der Waals surface area contributed by atoms with E-state index in [2.05, 4.69) is 5.16 Å². The van der Waals surface area contributed by atoms with Gasteiger partial charge in [-0.15, -0.1) is 0 Å². The summed E-state index contributed by atoms with van der Waals surface area (Å²) in [5.41, 5.74) is 0.789. The van der Waals surface area contributed by atoms with Crippen molar-refractivity contribution in [2.45, 2.75) is 6.42 Å². The first-order valence-corrected chi connectivity index (χ1v) is 4.47. The van der Waals surface area contributed by atoms with E-state index in [-0.39, 0.29) is 0 Å². The molecule has 4 heteroatoms. The minimum absolute atomic E-state index is 0.659. The minimum Gasteiger partial charge on any atom is -0.490 e. The molecule has 0 aliphatic carbocycles. The van der Waals surface area contributed by atoms with Crippen molar-refractivity contribution in [3.63, 3.8) is 0 Å². The van der Waals surface area contributed by atoms with Crippen molar-refractivity contribution in [3.8, 4) is 11.5 Å². The van der Waals surface area contributed by atoms with E-state index in [4.69, 9.17) is 14.7 Å². The first-order valence-electron chi connectivity index (χ1n) is 4.47. The van der Waals surface area contributed by atoms with Gasteiger partial charge in [0.2, 0.25) is 0 Å². The van der Waals surface area contributed by atoms with Crippen LogP contribution in [0.5, 0.6) is 11.5 Å². The summed E-state index contributed by atoms with van der Waals surface area (Å²) in [5, 5.41) is 11.3. The molecule has 0 aromatic heterocycles. The number of benzene rings is 1. The first kappa shape index (κ1) is 8.87. The van der Waals surface area contributed by atoms with Gasteiger partial charge in [-0.1, -0.05) is 5.16 Å². The summed E-state index contributed by atoms with van der Waals surface area (Å²) in [6.45, 7) is 1.34. The smallest absolute Gasteiger partial charge is 0.161 e. The number of oxime groups is 1. The Hall–Kier alpha value is -1.71. The summed E-state index contributed by atoms with van der Waals surface area (Å²) in [4.78, 5) is 0. The number of fused-ring (bicyclic) bond motifs is 1. The van der Waals surface area contributed by atoms with Gasteiger partial charge in [0, 0.05) is 12.0 Å². The second-order valence-corrected chi connectivity index (χ2v) is 3.00. The molecule has 0 saturated carbocycles. The van der Waals surface area contributed by atoms with Crippen LogP contribution >= 0.6 is 0 Å². The minimum atomic E-state index is 0.659. The fourth-order valence-electron chi connectivity index (χ4n) is 1.33. The number of rotatable bonds is 1. The van der Waals surface area contributed by atoms with Crippen molar-refractivity contribution in [3.05, 3.63) is 23.8 Å². The second kappa shape index (κ2) is 4.00. The van der Waals surface area contributed by atoms with Gasteiger partial charge in [0.15, 0.2) is 11.5 Å². The van der Waals surface area contributed by atoms with Crippen molar-refractivity contribution in [2.24, 2.45) is 5.16 Å². The van der Waals surface area contributed by atoms with E-state index in [1.54, 1.807) is 6.07 Å². The Labute approximate surface area is 81.8 Å². The number of ether oxygens (including phenoxy) is 2. The molecule has 4 nitrogen and oxygen atoms in total. The van der Waals surface area contributed by atoms with Crippen LogP contribution in [0.25, 0.3) is 0 Å². The summed E-state index contributed by atoms with van der Waals surface area (Å²) in [6.07, 6.45) is 2.24. The molecule has 0 spiro atoms. The quantitative estimate of drug-likeness (QED) is 0.419. The molecule has 14 heavy (non-hydrogen) atoms. The Morgan fingerprint density at radius 1 is 1.21 bits per heavy atom. The summed E-state index contributed by atoms with van der Waals surface area (Å²) < 4.78 is 10.9. The molecule has 0 atom stereocenters. The maximum absolute atomic E-state index is 8.38. The molecule has 1 aromatic carbocycles. The second-order valence-electron chi connectivity index (χ2n) is 3.00. The van der Waals surface area contributed by atoms with Crippen molar-refractivity contribution >= 4 is 6.21 Å². The van der Waals surface area contributed by atoms with Crippen LogP contribution < -0.4 is 9.47 Å². The van der Waals surface area contributed by atoms with Gasteiger partial charge in [0.25, 0.3) is 0 Å². The van der Waals surface area contributed by atoms with Crippen LogP contribution in [0, 0.1) is 0 Å². The van der Waals surface area contributed by atoms with Crippen LogP contribution in [-0.4, -0.2) is 24.6 Å². The van der Waals surface area contributed by atoms with Crippen LogP contribution in [-0.2, 0) is 0 Å². The van der Waals surface area contributed by atoms with E-state index in [1.807, 2.05) is 12.1 Å². The molecule has 1 heterocycles. The van der Waals surface area contributed by atoms with E-state index in [9.17, 15) is 0 Å². The molecule has 0 unspecified atom stereocenters. The van der Waals surface area contributed by atoms with Crippen molar-refractivity contribution < 1.29 is 14.7 Å². The molecular formula is C10H11NO3. The third-order valence-electron chi connectivity index (χ3n) is 1.98. The van der Waals surface area contributed by atoms with Crippen molar-refractivity contribution in [2.75, 3.05) is 13.2 Å². The highest BCUT2D eigenvalue weighted by Gasteiger charge is 2.09. The van der Waals surface area contributed by atoms with Gasteiger partial charge in [0.05, 0.1) is 19.4 Å². The molecule has 74 valence electrons. The van der Waals surface area contributed by atoms with Gasteiger partial charge in [0.1, 0.15) is 0 Å². The predicted octanol–water partition coefficient (Wildman–Crippen LogP) is 1.66. The molecule has 1 aliphatic heterocycles. The zero-order valence-electron chi connectivity index (χ0n) is 7.64. The van der Waals surface area contributed by atoms with E-state index in [0.29, 0.717) is 19.0 Å². The third kappa shape index (κ3) is 1.79. The Bertz CT molecular complexity index is 349. The van der Waals surface area contributed by atoms with E-state index >= 15 is 0 Å². The van der Waals surface area contributed by atoms with Gasteiger partial charge in [-0.2, -0.15) is 0 Å². The highest BCUT2D eigenvalue weighted by Crippen LogP contribution is 2.29. The Morgan fingerprint density at radius 2 is 2.00 bits per heavy atom. The standard InChI is InChI=1S/C10H11NO3/c12-11-7-8-2-3-9-10(6-8)14-5-1-4-13-9/h2-3,6-7,12H,1,4-5H2/b11-7-. The third-order valence-corrected chi connectivity index (χ3v) is 1.98. The zero-order valence-corrected chi connectivity index (χ0v) is 7.64. The van der Waals surface area contributed by atoms with Crippen LogP contribution in [0.4, 0.5) is 0 Å². The van der Waals surface area contributed by atoms with E-state index in [1.165, 1.54) is 6.21 Å². The zero-order chi connectivity index (χ0) is 9.80. The predicted molar refractivity (Wildman–Crippen MR) is 51.4 cm³/mol. The molecule has 1 aliphatic rings. The molecule has 1 aromatic rings. The van der Waals surface area contributed by atoms with Crippen LogP contribution in [0.2, 0.25) is 0 Å². The topological polar surface area (TPSA) is 51.1 Å². The Kier molecular flexibility index (Phi) is 2.53. The van der Waals surface area contributed by atoms with Gasteiger partial charge in [-0.25, -0.2) is 0 Å². The SMILES string of the molecule is O/N=C\c1ccc2c(c1)OCCCO2. The monoisotopic (exact) mass is 193 g/mol. The number of hydrogen-bond donors (Lipinski definition) is 1. The average molecular weight is 193 g/mol. The maximum Gasteiger partial charge on any atom is 0.161 e. The summed E-state index contributed by atoms with van der Waals surface area (Å²) >= 11 is 0. The Balaban J connectivity index is 2.32. The molecule has 0 fully saturated rings. The lowest BCUT2D eigenvalue weighted by molar-refractivity contribution is 0.297. The largest absolute Gasteiger partial charge is 0.490 e. The fourth-order valence-corrected chi connectivity index (χ4v) is 1.33. The van der Waals surface area contributed by atoms with E-state index in [0.717, 1.165) is 17.7 Å². The summed E-state index contributed by atoms with van der Waals surface area (Å²) in [5.74, 6) is 1.46. The van der Waals surface area contributed by atoms with E-state index < -0.39 is 0 Å². The van der Waals surface area contributed by atoms with Crippen LogP contribution in [0.15, 0.2) is 23.4 Å². The number of nitrogens with zero attached hydrogens (tertiary/aromatic N) is 1. The highest BCUT2D eigenvalue weighted by molar-refractivity contribution is 5.80. The van der Waals surface area contributed by atoms with Gasteiger partial charge in [-0.05, 0) is 18.2 Å². The van der Waals surface area contributed by atoms with Gasteiger partial charge in [-0.3, -0.25) is 0 Å². The normalized spacial score (nSPS) is 15.4. The fraction of sp³-hybridized carbons (Fsp3) is 0.300. The van der Waals surface area contributed by atoms with Crippen LogP contribution in [0.1, 0.15) is 12.0 Å². The molecule has 2 rings (SSSR count). The highest BCUT2D eigenvalue weighted by atomic mass is 16.5.